The Hall–Kier alpha value is -0.770. The first-order valence-corrected chi connectivity index (χ1v) is 7.32. The van der Waals surface area contributed by atoms with E-state index in [0.29, 0.717) is 0 Å². The Morgan fingerprint density at radius 3 is 2.24 bits per heavy atom. The van der Waals surface area contributed by atoms with Crippen molar-refractivity contribution < 1.29 is 0 Å². The van der Waals surface area contributed by atoms with Crippen LogP contribution in [0.2, 0.25) is 0 Å². The monoisotopic (exact) mass is 229 g/mol. The number of nitrogens with zero attached hydrogens (tertiary/aromatic N) is 1. The van der Waals surface area contributed by atoms with Gasteiger partial charge in [-0.3, -0.25) is 0 Å². The molecule has 1 heteroatoms. The van der Waals surface area contributed by atoms with E-state index in [4.69, 9.17) is 5.26 Å². The number of hydrogen-bond acceptors (Lipinski definition) is 1. The van der Waals surface area contributed by atoms with Crippen molar-refractivity contribution in [2.45, 2.75) is 45.4 Å². The summed E-state index contributed by atoms with van der Waals surface area (Å²) in [5, 5.41) is 8.79. The van der Waals surface area contributed by atoms with Crippen molar-refractivity contribution in [3.63, 3.8) is 0 Å². The Morgan fingerprint density at radius 2 is 1.71 bits per heavy atom. The van der Waals surface area contributed by atoms with Gasteiger partial charge >= 0.3 is 0 Å². The van der Waals surface area contributed by atoms with Gasteiger partial charge in [0.05, 0.1) is 6.07 Å². The maximum Gasteiger partial charge on any atom is 0.0656 e. The van der Waals surface area contributed by atoms with Gasteiger partial charge in [0.2, 0.25) is 0 Å². The zero-order valence-corrected chi connectivity index (χ0v) is 10.8. The smallest absolute Gasteiger partial charge is 0.0656 e. The molecule has 4 bridgehead atoms. The third kappa shape index (κ3) is 2.15. The second kappa shape index (κ2) is 4.48. The van der Waals surface area contributed by atoms with Crippen molar-refractivity contribution in [2.75, 3.05) is 0 Å². The zero-order valence-electron chi connectivity index (χ0n) is 10.8. The van der Waals surface area contributed by atoms with E-state index >= 15 is 0 Å². The van der Waals surface area contributed by atoms with Gasteiger partial charge in [0.15, 0.2) is 0 Å². The molecule has 0 saturated heterocycles. The minimum absolute atomic E-state index is 0.183. The molecule has 4 fully saturated rings. The lowest BCUT2D eigenvalue weighted by molar-refractivity contribution is -0.0162. The molecule has 1 unspecified atom stereocenters. The summed E-state index contributed by atoms with van der Waals surface area (Å²) in [6.45, 7) is 2.02. The normalized spacial score (nSPS) is 45.1. The van der Waals surface area contributed by atoms with Crippen molar-refractivity contribution in [1.29, 1.82) is 5.26 Å². The molecule has 0 N–H and O–H groups in total. The lowest BCUT2D eigenvalue weighted by atomic mass is 9.52. The van der Waals surface area contributed by atoms with E-state index in [0.717, 1.165) is 36.0 Å². The van der Waals surface area contributed by atoms with E-state index in [2.05, 4.69) is 18.2 Å². The number of nitriles is 1. The van der Waals surface area contributed by atoms with Crippen LogP contribution in [0.5, 0.6) is 0 Å². The van der Waals surface area contributed by atoms with Gasteiger partial charge in [0.1, 0.15) is 0 Å². The molecule has 0 amide bonds. The molecule has 4 rings (SSSR count). The molecule has 0 aliphatic heterocycles. The molecule has 0 heterocycles. The number of rotatable bonds is 3. The Kier molecular flexibility index (Phi) is 2.99. The van der Waals surface area contributed by atoms with Gasteiger partial charge < -0.3 is 0 Å². The molecular formula is C16H23N. The second-order valence-corrected chi connectivity index (χ2v) is 6.70. The van der Waals surface area contributed by atoms with Crippen LogP contribution in [0.3, 0.4) is 0 Å². The van der Waals surface area contributed by atoms with E-state index in [-0.39, 0.29) is 5.92 Å². The highest BCUT2D eigenvalue weighted by Crippen LogP contribution is 2.56. The molecule has 92 valence electrons. The quantitative estimate of drug-likeness (QED) is 0.666. The van der Waals surface area contributed by atoms with Crippen LogP contribution < -0.4 is 0 Å². The summed E-state index contributed by atoms with van der Waals surface area (Å²) in [7, 11) is 0. The van der Waals surface area contributed by atoms with Crippen LogP contribution in [0.15, 0.2) is 12.2 Å². The molecule has 0 aromatic carbocycles. The zero-order chi connectivity index (χ0) is 11.8. The summed E-state index contributed by atoms with van der Waals surface area (Å²) in [5.41, 5.74) is 0. The number of allylic oxidation sites excluding steroid dienone is 2. The van der Waals surface area contributed by atoms with Crippen LogP contribution in [-0.4, -0.2) is 0 Å². The van der Waals surface area contributed by atoms with Crippen molar-refractivity contribution in [3.05, 3.63) is 12.2 Å². The fraction of sp³-hybridized carbons (Fsp3) is 0.812. The van der Waals surface area contributed by atoms with Crippen molar-refractivity contribution >= 4 is 0 Å². The van der Waals surface area contributed by atoms with E-state index in [1.54, 1.807) is 0 Å². The standard InChI is InChI=1S/C16H23N/c1-11(10-17)3-2-4-16-14-6-12-5-13(8-14)9-15(16)7-12/h2,4,11-16H,3,5-9H2,1H3/b4-2+. The minimum Gasteiger partial charge on any atom is -0.198 e. The average molecular weight is 229 g/mol. The van der Waals surface area contributed by atoms with Gasteiger partial charge in [-0.1, -0.05) is 12.2 Å². The van der Waals surface area contributed by atoms with Crippen molar-refractivity contribution in [1.82, 2.24) is 0 Å². The van der Waals surface area contributed by atoms with Gasteiger partial charge in [-0.15, -0.1) is 0 Å². The predicted octanol–water partition coefficient (Wildman–Crippen LogP) is 4.16. The summed E-state index contributed by atoms with van der Waals surface area (Å²) >= 11 is 0. The Balaban J connectivity index is 1.63. The molecule has 4 aliphatic carbocycles. The minimum atomic E-state index is 0.183. The van der Waals surface area contributed by atoms with Crippen LogP contribution in [0.4, 0.5) is 0 Å². The van der Waals surface area contributed by atoms with Crippen molar-refractivity contribution in [2.24, 2.45) is 35.5 Å². The van der Waals surface area contributed by atoms with Crippen LogP contribution in [0.1, 0.15) is 45.4 Å². The number of hydrogen-bond donors (Lipinski definition) is 0. The third-order valence-corrected chi connectivity index (χ3v) is 5.37. The van der Waals surface area contributed by atoms with Gasteiger partial charge in [-0.05, 0) is 75.0 Å². The summed E-state index contributed by atoms with van der Waals surface area (Å²) in [6.07, 6.45) is 13.2. The summed E-state index contributed by atoms with van der Waals surface area (Å²) in [4.78, 5) is 0. The first-order chi connectivity index (χ1) is 8.26. The molecule has 17 heavy (non-hydrogen) atoms. The first kappa shape index (κ1) is 11.3. The van der Waals surface area contributed by atoms with Gasteiger partial charge in [0.25, 0.3) is 0 Å². The summed E-state index contributed by atoms with van der Waals surface area (Å²) < 4.78 is 0. The molecule has 1 atom stereocenters. The van der Waals surface area contributed by atoms with E-state index in [1.807, 2.05) is 6.92 Å². The highest BCUT2D eigenvalue weighted by atomic mass is 14.5. The Bertz CT molecular complexity index is 321. The van der Waals surface area contributed by atoms with Crippen LogP contribution in [0, 0.1) is 46.8 Å². The van der Waals surface area contributed by atoms with Crippen molar-refractivity contribution in [3.8, 4) is 6.07 Å². The maximum atomic E-state index is 8.79. The third-order valence-electron chi connectivity index (χ3n) is 5.37. The lowest BCUT2D eigenvalue weighted by Gasteiger charge is -2.53. The van der Waals surface area contributed by atoms with Crippen LogP contribution in [-0.2, 0) is 0 Å². The molecule has 0 spiro atoms. The summed E-state index contributed by atoms with van der Waals surface area (Å²) in [6, 6.07) is 2.32. The lowest BCUT2D eigenvalue weighted by Crippen LogP contribution is -2.44. The largest absolute Gasteiger partial charge is 0.198 e. The fourth-order valence-corrected chi connectivity index (χ4v) is 4.77. The van der Waals surface area contributed by atoms with Gasteiger partial charge in [-0.2, -0.15) is 5.26 Å². The van der Waals surface area contributed by atoms with Crippen LogP contribution >= 0.6 is 0 Å². The molecule has 0 aromatic heterocycles. The fourth-order valence-electron chi connectivity index (χ4n) is 4.77. The molecule has 0 aromatic rings. The van der Waals surface area contributed by atoms with Crippen LogP contribution in [0.25, 0.3) is 0 Å². The van der Waals surface area contributed by atoms with E-state index in [1.165, 1.54) is 32.1 Å². The molecule has 0 radical (unpaired) electrons. The first-order valence-electron chi connectivity index (χ1n) is 7.32. The second-order valence-electron chi connectivity index (χ2n) is 6.70. The van der Waals surface area contributed by atoms with Gasteiger partial charge in [-0.25, -0.2) is 0 Å². The molecule has 4 aliphatic rings. The average Bonchev–Trinajstić information content (AvgIpc) is 2.31. The highest BCUT2D eigenvalue weighted by molar-refractivity contribution is 5.06. The molecule has 4 saturated carbocycles. The molecule has 1 nitrogen and oxygen atoms in total. The van der Waals surface area contributed by atoms with E-state index in [9.17, 15) is 0 Å². The highest BCUT2D eigenvalue weighted by Gasteiger charge is 2.46. The maximum absolute atomic E-state index is 8.79. The Labute approximate surface area is 105 Å². The topological polar surface area (TPSA) is 23.8 Å². The van der Waals surface area contributed by atoms with Gasteiger partial charge in [0, 0.05) is 5.92 Å². The SMILES string of the molecule is CC(C#N)C/C=C/C1C2CC3CC(C2)CC1C3. The Morgan fingerprint density at radius 1 is 1.12 bits per heavy atom. The predicted molar refractivity (Wildman–Crippen MR) is 69.1 cm³/mol. The van der Waals surface area contributed by atoms with E-state index < -0.39 is 0 Å². The molecular weight excluding hydrogens is 206 g/mol. The summed E-state index contributed by atoms with van der Waals surface area (Å²) in [5.74, 6) is 5.15.